The second kappa shape index (κ2) is 5.50. The molecule has 0 heterocycles. The van der Waals surface area contributed by atoms with E-state index in [9.17, 15) is 9.59 Å². The number of carbonyl (C=O) groups is 2. The van der Waals surface area contributed by atoms with E-state index in [-0.39, 0.29) is 0 Å². The van der Waals surface area contributed by atoms with Gasteiger partial charge < -0.3 is 15.7 Å². The smallest absolute Gasteiger partial charge is 0.325 e. The summed E-state index contributed by atoms with van der Waals surface area (Å²) < 4.78 is 0.900. The van der Waals surface area contributed by atoms with Crippen molar-refractivity contribution >= 4 is 33.6 Å². The first-order valence-corrected chi connectivity index (χ1v) is 5.34. The van der Waals surface area contributed by atoms with Gasteiger partial charge in [0, 0.05) is 10.2 Å². The van der Waals surface area contributed by atoms with E-state index >= 15 is 0 Å². The average Bonchev–Trinajstić information content (AvgIpc) is 2.21. The zero-order valence-corrected chi connectivity index (χ0v) is 10.1. The molecule has 0 aliphatic heterocycles. The van der Waals surface area contributed by atoms with E-state index in [0.29, 0.717) is 5.69 Å². The van der Waals surface area contributed by atoms with Gasteiger partial charge in [0.1, 0.15) is 6.04 Å². The van der Waals surface area contributed by atoms with Crippen LogP contribution in [-0.2, 0) is 4.79 Å². The molecule has 0 radical (unpaired) electrons. The minimum Gasteiger partial charge on any atom is -0.480 e. The fraction of sp³-hybridized carbons (Fsp3) is 0.200. The summed E-state index contributed by atoms with van der Waals surface area (Å²) in [6, 6.07) is 5.49. The van der Waals surface area contributed by atoms with Gasteiger partial charge in [-0.3, -0.25) is 4.79 Å². The van der Waals surface area contributed by atoms with E-state index in [1.807, 2.05) is 0 Å². The zero-order valence-electron chi connectivity index (χ0n) is 8.53. The van der Waals surface area contributed by atoms with Gasteiger partial charge in [0.2, 0.25) is 0 Å². The highest BCUT2D eigenvalue weighted by atomic mass is 79.9. The lowest BCUT2D eigenvalue weighted by atomic mass is 10.3. The first-order valence-electron chi connectivity index (χ1n) is 4.55. The Morgan fingerprint density at radius 1 is 1.31 bits per heavy atom. The molecule has 0 aromatic heterocycles. The van der Waals surface area contributed by atoms with Crippen molar-refractivity contribution in [3.05, 3.63) is 28.7 Å². The van der Waals surface area contributed by atoms with Crippen LogP contribution in [0.5, 0.6) is 0 Å². The minimum absolute atomic E-state index is 0.544. The Labute approximate surface area is 101 Å². The molecule has 0 bridgehead atoms. The molecule has 0 aliphatic carbocycles. The molecule has 0 saturated carbocycles. The fourth-order valence-corrected chi connectivity index (χ4v) is 1.22. The Kier molecular flexibility index (Phi) is 4.30. The third kappa shape index (κ3) is 3.90. The number of benzene rings is 1. The summed E-state index contributed by atoms with van der Waals surface area (Å²) in [6.45, 7) is 1.39. The molecule has 3 N–H and O–H groups in total. The summed E-state index contributed by atoms with van der Waals surface area (Å²) in [5.41, 5.74) is 0.596. The van der Waals surface area contributed by atoms with E-state index in [1.54, 1.807) is 24.3 Å². The standard InChI is InChI=1S/C10H11BrN2O3/c1-6(9(14)15)12-10(16)13-8-4-2-7(11)3-5-8/h2-6H,1H3,(H,14,15)(H2,12,13,16)/t6-/m1/s1. The second-order valence-electron chi connectivity index (χ2n) is 3.17. The summed E-state index contributed by atoms with van der Waals surface area (Å²) in [5, 5.41) is 13.4. The summed E-state index contributed by atoms with van der Waals surface area (Å²) >= 11 is 3.26. The average molecular weight is 287 g/mol. The summed E-state index contributed by atoms with van der Waals surface area (Å²) in [6.07, 6.45) is 0. The maximum Gasteiger partial charge on any atom is 0.325 e. The first-order chi connectivity index (χ1) is 7.49. The highest BCUT2D eigenvalue weighted by Crippen LogP contribution is 2.13. The van der Waals surface area contributed by atoms with Crippen molar-refractivity contribution in [2.75, 3.05) is 5.32 Å². The number of hydrogen-bond donors (Lipinski definition) is 3. The second-order valence-corrected chi connectivity index (χ2v) is 4.08. The number of carboxylic acid groups (broad SMARTS) is 1. The number of urea groups is 1. The topological polar surface area (TPSA) is 78.4 Å². The molecule has 1 aromatic rings. The molecular formula is C10H11BrN2O3. The van der Waals surface area contributed by atoms with E-state index in [2.05, 4.69) is 26.6 Å². The van der Waals surface area contributed by atoms with Gasteiger partial charge in [-0.05, 0) is 31.2 Å². The van der Waals surface area contributed by atoms with E-state index in [4.69, 9.17) is 5.11 Å². The van der Waals surface area contributed by atoms with E-state index < -0.39 is 18.0 Å². The Morgan fingerprint density at radius 3 is 2.38 bits per heavy atom. The van der Waals surface area contributed by atoms with Gasteiger partial charge in [0.15, 0.2) is 0 Å². The van der Waals surface area contributed by atoms with Crippen LogP contribution in [0.1, 0.15) is 6.92 Å². The Morgan fingerprint density at radius 2 is 1.88 bits per heavy atom. The van der Waals surface area contributed by atoms with Gasteiger partial charge in [-0.25, -0.2) is 4.79 Å². The van der Waals surface area contributed by atoms with Crippen molar-refractivity contribution in [2.45, 2.75) is 13.0 Å². The molecule has 1 rings (SSSR count). The SMILES string of the molecule is C[C@@H](NC(=O)Nc1ccc(Br)cc1)C(=O)O. The molecule has 0 fully saturated rings. The molecule has 5 nitrogen and oxygen atoms in total. The molecule has 1 atom stereocenters. The molecule has 0 spiro atoms. The highest BCUT2D eigenvalue weighted by Gasteiger charge is 2.13. The zero-order chi connectivity index (χ0) is 12.1. The van der Waals surface area contributed by atoms with Crippen molar-refractivity contribution in [3.8, 4) is 0 Å². The Balaban J connectivity index is 2.52. The van der Waals surface area contributed by atoms with Gasteiger partial charge >= 0.3 is 12.0 Å². The number of carboxylic acids is 1. The lowest BCUT2D eigenvalue weighted by molar-refractivity contribution is -0.138. The van der Waals surface area contributed by atoms with E-state index in [1.165, 1.54) is 6.92 Å². The molecular weight excluding hydrogens is 276 g/mol. The number of anilines is 1. The predicted octanol–water partition coefficient (Wildman–Crippen LogP) is 2.04. The number of carbonyl (C=O) groups excluding carboxylic acids is 1. The van der Waals surface area contributed by atoms with Crippen molar-refractivity contribution in [1.29, 1.82) is 0 Å². The number of aliphatic carboxylic acids is 1. The molecule has 16 heavy (non-hydrogen) atoms. The third-order valence-corrected chi connectivity index (χ3v) is 2.35. The first kappa shape index (κ1) is 12.5. The van der Waals surface area contributed by atoms with Crippen LogP contribution in [0.15, 0.2) is 28.7 Å². The van der Waals surface area contributed by atoms with Crippen LogP contribution in [0, 0.1) is 0 Å². The summed E-state index contributed by atoms with van der Waals surface area (Å²) in [5.74, 6) is -1.08. The van der Waals surface area contributed by atoms with Crippen molar-refractivity contribution in [2.24, 2.45) is 0 Å². The summed E-state index contributed by atoms with van der Waals surface area (Å²) in [4.78, 5) is 21.8. The van der Waals surface area contributed by atoms with Crippen LogP contribution in [0.4, 0.5) is 10.5 Å². The maximum absolute atomic E-state index is 11.3. The molecule has 1 aromatic carbocycles. The van der Waals surface area contributed by atoms with Crippen LogP contribution in [0.3, 0.4) is 0 Å². The molecule has 0 unspecified atom stereocenters. The van der Waals surface area contributed by atoms with Gasteiger partial charge in [-0.2, -0.15) is 0 Å². The lowest BCUT2D eigenvalue weighted by Gasteiger charge is -2.10. The number of halogens is 1. The molecule has 2 amide bonds. The van der Waals surface area contributed by atoms with E-state index in [0.717, 1.165) is 4.47 Å². The maximum atomic E-state index is 11.3. The van der Waals surface area contributed by atoms with Crippen LogP contribution < -0.4 is 10.6 Å². The van der Waals surface area contributed by atoms with Crippen molar-refractivity contribution in [1.82, 2.24) is 5.32 Å². The number of hydrogen-bond acceptors (Lipinski definition) is 2. The van der Waals surface area contributed by atoms with Gasteiger partial charge in [-0.1, -0.05) is 15.9 Å². The number of amides is 2. The lowest BCUT2D eigenvalue weighted by Crippen LogP contribution is -2.40. The monoisotopic (exact) mass is 286 g/mol. The molecule has 86 valence electrons. The Hall–Kier alpha value is -1.56. The minimum atomic E-state index is -1.08. The molecule has 6 heteroatoms. The Bertz CT molecular complexity index is 392. The van der Waals surface area contributed by atoms with Crippen LogP contribution in [0.25, 0.3) is 0 Å². The van der Waals surface area contributed by atoms with Crippen LogP contribution >= 0.6 is 15.9 Å². The van der Waals surface area contributed by atoms with Crippen LogP contribution in [-0.4, -0.2) is 23.1 Å². The van der Waals surface area contributed by atoms with Crippen LogP contribution in [0.2, 0.25) is 0 Å². The normalized spacial score (nSPS) is 11.6. The molecule has 0 saturated heterocycles. The van der Waals surface area contributed by atoms with Crippen molar-refractivity contribution in [3.63, 3.8) is 0 Å². The number of nitrogens with one attached hydrogen (secondary N) is 2. The fourth-order valence-electron chi connectivity index (χ4n) is 0.959. The predicted molar refractivity (Wildman–Crippen MR) is 63.4 cm³/mol. The number of rotatable bonds is 3. The van der Waals surface area contributed by atoms with Crippen molar-refractivity contribution < 1.29 is 14.7 Å². The van der Waals surface area contributed by atoms with Gasteiger partial charge in [0.05, 0.1) is 0 Å². The highest BCUT2D eigenvalue weighted by molar-refractivity contribution is 9.10. The summed E-state index contributed by atoms with van der Waals surface area (Å²) in [7, 11) is 0. The molecule has 0 aliphatic rings. The largest absolute Gasteiger partial charge is 0.480 e. The third-order valence-electron chi connectivity index (χ3n) is 1.82. The van der Waals surface area contributed by atoms with Gasteiger partial charge in [0.25, 0.3) is 0 Å². The van der Waals surface area contributed by atoms with Gasteiger partial charge in [-0.15, -0.1) is 0 Å². The quantitative estimate of drug-likeness (QED) is 0.796.